The van der Waals surface area contributed by atoms with Gasteiger partial charge in [-0.3, -0.25) is 0 Å². The van der Waals surface area contributed by atoms with Crippen LogP contribution in [0.2, 0.25) is 5.02 Å². The first-order valence-corrected chi connectivity index (χ1v) is 8.08. The van der Waals surface area contributed by atoms with Gasteiger partial charge in [0, 0.05) is 31.2 Å². The molecule has 0 saturated heterocycles. The molecule has 2 aromatic carbocycles. The van der Waals surface area contributed by atoms with Crippen LogP contribution in [0.3, 0.4) is 0 Å². The summed E-state index contributed by atoms with van der Waals surface area (Å²) >= 11 is 6.19. The van der Waals surface area contributed by atoms with Gasteiger partial charge in [-0.25, -0.2) is 0 Å². The van der Waals surface area contributed by atoms with Gasteiger partial charge in [0.15, 0.2) is 0 Å². The maximum absolute atomic E-state index is 6.19. The summed E-state index contributed by atoms with van der Waals surface area (Å²) in [4.78, 5) is 4.69. The molecule has 2 aromatic rings. The standard InChI is InChI=1S/C19H25ClN2/c1-16-9-10-18(13-19(16)20)15-22(3)12-11-21(2)14-17-7-5-4-6-8-17/h4-10,13H,11-12,14-15H2,1-3H3. The van der Waals surface area contributed by atoms with Gasteiger partial charge in [0.05, 0.1) is 0 Å². The van der Waals surface area contributed by atoms with Crippen LogP contribution in [0.1, 0.15) is 16.7 Å². The molecule has 0 aliphatic rings. The SMILES string of the molecule is Cc1ccc(CN(C)CCN(C)Cc2ccccc2)cc1Cl. The highest BCUT2D eigenvalue weighted by Crippen LogP contribution is 2.17. The van der Waals surface area contributed by atoms with Crippen molar-refractivity contribution < 1.29 is 0 Å². The van der Waals surface area contributed by atoms with Gasteiger partial charge < -0.3 is 9.80 Å². The van der Waals surface area contributed by atoms with E-state index in [4.69, 9.17) is 11.6 Å². The lowest BCUT2D eigenvalue weighted by Gasteiger charge is -2.22. The van der Waals surface area contributed by atoms with Crippen molar-refractivity contribution in [1.29, 1.82) is 0 Å². The number of nitrogens with zero attached hydrogens (tertiary/aromatic N) is 2. The Morgan fingerprint density at radius 2 is 1.41 bits per heavy atom. The molecule has 0 amide bonds. The Bertz CT molecular complexity index is 583. The van der Waals surface area contributed by atoms with E-state index in [0.717, 1.165) is 36.8 Å². The minimum Gasteiger partial charge on any atom is -0.301 e. The van der Waals surface area contributed by atoms with E-state index in [1.165, 1.54) is 11.1 Å². The lowest BCUT2D eigenvalue weighted by atomic mass is 10.1. The first-order chi connectivity index (χ1) is 10.5. The highest BCUT2D eigenvalue weighted by molar-refractivity contribution is 6.31. The lowest BCUT2D eigenvalue weighted by molar-refractivity contribution is 0.247. The average molecular weight is 317 g/mol. The van der Waals surface area contributed by atoms with Gasteiger partial charge >= 0.3 is 0 Å². The van der Waals surface area contributed by atoms with Crippen molar-refractivity contribution in [1.82, 2.24) is 9.80 Å². The third-order valence-electron chi connectivity index (χ3n) is 3.85. The van der Waals surface area contributed by atoms with Crippen LogP contribution >= 0.6 is 11.6 Å². The van der Waals surface area contributed by atoms with Gasteiger partial charge in [0.1, 0.15) is 0 Å². The number of hydrogen-bond acceptors (Lipinski definition) is 2. The fourth-order valence-corrected chi connectivity index (χ4v) is 2.64. The summed E-state index contributed by atoms with van der Waals surface area (Å²) in [7, 11) is 4.33. The molecule has 0 spiro atoms. The van der Waals surface area contributed by atoms with E-state index < -0.39 is 0 Å². The summed E-state index contributed by atoms with van der Waals surface area (Å²) in [6.07, 6.45) is 0. The minimum absolute atomic E-state index is 0.854. The minimum atomic E-state index is 0.854. The van der Waals surface area contributed by atoms with Crippen LogP contribution in [0.15, 0.2) is 48.5 Å². The van der Waals surface area contributed by atoms with Crippen LogP contribution in [0.4, 0.5) is 0 Å². The second kappa shape index (κ2) is 8.33. The molecule has 0 N–H and O–H groups in total. The molecule has 118 valence electrons. The molecule has 2 rings (SSSR count). The van der Waals surface area contributed by atoms with Crippen molar-refractivity contribution in [2.75, 3.05) is 27.2 Å². The zero-order valence-electron chi connectivity index (χ0n) is 13.7. The molecule has 0 radical (unpaired) electrons. The molecule has 0 aliphatic heterocycles. The number of aryl methyl sites for hydroxylation is 1. The third kappa shape index (κ3) is 5.45. The summed E-state index contributed by atoms with van der Waals surface area (Å²) in [6, 6.07) is 16.9. The molecule has 0 unspecified atom stereocenters. The second-order valence-corrected chi connectivity index (χ2v) is 6.45. The predicted octanol–water partition coefficient (Wildman–Crippen LogP) is 4.21. The molecule has 0 aromatic heterocycles. The van der Waals surface area contributed by atoms with Crippen LogP contribution < -0.4 is 0 Å². The van der Waals surface area contributed by atoms with Gasteiger partial charge in [0.2, 0.25) is 0 Å². The third-order valence-corrected chi connectivity index (χ3v) is 4.25. The summed E-state index contributed by atoms with van der Waals surface area (Å²) in [5.41, 5.74) is 3.76. The Labute approximate surface area is 139 Å². The molecule has 0 heterocycles. The van der Waals surface area contributed by atoms with E-state index in [-0.39, 0.29) is 0 Å². The number of halogens is 1. The number of hydrogen-bond donors (Lipinski definition) is 0. The van der Waals surface area contributed by atoms with Crippen molar-refractivity contribution in [2.45, 2.75) is 20.0 Å². The van der Waals surface area contributed by atoms with E-state index in [1.54, 1.807) is 0 Å². The van der Waals surface area contributed by atoms with E-state index in [0.29, 0.717) is 0 Å². The fourth-order valence-electron chi connectivity index (χ4n) is 2.44. The molecule has 3 heteroatoms. The fraction of sp³-hybridized carbons (Fsp3) is 0.368. The number of benzene rings is 2. The molecule has 22 heavy (non-hydrogen) atoms. The quantitative estimate of drug-likeness (QED) is 0.755. The highest BCUT2D eigenvalue weighted by atomic mass is 35.5. The molecule has 0 fully saturated rings. The van der Waals surface area contributed by atoms with Crippen molar-refractivity contribution >= 4 is 11.6 Å². The number of rotatable bonds is 7. The zero-order chi connectivity index (χ0) is 15.9. The Hall–Kier alpha value is -1.35. The molecule has 2 nitrogen and oxygen atoms in total. The van der Waals surface area contributed by atoms with Gasteiger partial charge in [-0.2, -0.15) is 0 Å². The maximum Gasteiger partial charge on any atom is 0.0438 e. The summed E-state index contributed by atoms with van der Waals surface area (Å²) in [6.45, 7) is 6.04. The first-order valence-electron chi connectivity index (χ1n) is 7.70. The van der Waals surface area contributed by atoms with Gasteiger partial charge in [-0.15, -0.1) is 0 Å². The molecule has 0 aliphatic carbocycles. The second-order valence-electron chi connectivity index (χ2n) is 6.04. The molecule has 0 saturated carbocycles. The Morgan fingerprint density at radius 3 is 2.00 bits per heavy atom. The van der Waals surface area contributed by atoms with Crippen LogP contribution in [-0.4, -0.2) is 37.0 Å². The Balaban J connectivity index is 1.77. The monoisotopic (exact) mass is 316 g/mol. The Kier molecular flexibility index (Phi) is 6.44. The van der Waals surface area contributed by atoms with E-state index in [1.807, 2.05) is 6.92 Å². The van der Waals surface area contributed by atoms with Crippen LogP contribution in [0.25, 0.3) is 0 Å². The van der Waals surface area contributed by atoms with Crippen LogP contribution in [0.5, 0.6) is 0 Å². The van der Waals surface area contributed by atoms with Gasteiger partial charge in [0.25, 0.3) is 0 Å². The van der Waals surface area contributed by atoms with Crippen molar-refractivity contribution in [3.05, 3.63) is 70.2 Å². The molecule has 0 atom stereocenters. The first kappa shape index (κ1) is 17.0. The lowest BCUT2D eigenvalue weighted by Crippen LogP contribution is -2.30. The molecular formula is C19H25ClN2. The van der Waals surface area contributed by atoms with Crippen molar-refractivity contribution in [3.63, 3.8) is 0 Å². The summed E-state index contributed by atoms with van der Waals surface area (Å²) in [5, 5.41) is 0.854. The molecular weight excluding hydrogens is 292 g/mol. The normalized spacial score (nSPS) is 11.4. The van der Waals surface area contributed by atoms with E-state index >= 15 is 0 Å². The highest BCUT2D eigenvalue weighted by Gasteiger charge is 2.05. The van der Waals surface area contributed by atoms with Gasteiger partial charge in [-0.1, -0.05) is 54.1 Å². The zero-order valence-corrected chi connectivity index (χ0v) is 14.5. The summed E-state index contributed by atoms with van der Waals surface area (Å²) in [5.74, 6) is 0. The maximum atomic E-state index is 6.19. The van der Waals surface area contributed by atoms with E-state index in [9.17, 15) is 0 Å². The van der Waals surface area contributed by atoms with Crippen molar-refractivity contribution in [3.8, 4) is 0 Å². The smallest absolute Gasteiger partial charge is 0.0438 e. The molecule has 0 bridgehead atoms. The topological polar surface area (TPSA) is 6.48 Å². The largest absolute Gasteiger partial charge is 0.301 e. The number of likely N-dealkylation sites (N-methyl/N-ethyl adjacent to an activating group) is 2. The Morgan fingerprint density at radius 1 is 0.818 bits per heavy atom. The summed E-state index contributed by atoms with van der Waals surface area (Å²) < 4.78 is 0. The van der Waals surface area contributed by atoms with Gasteiger partial charge in [-0.05, 0) is 43.8 Å². The van der Waals surface area contributed by atoms with Crippen LogP contribution in [0, 0.1) is 6.92 Å². The van der Waals surface area contributed by atoms with Crippen molar-refractivity contribution in [2.24, 2.45) is 0 Å². The average Bonchev–Trinajstić information content (AvgIpc) is 2.50. The van der Waals surface area contributed by atoms with Crippen LogP contribution in [-0.2, 0) is 13.1 Å². The predicted molar refractivity (Wildman–Crippen MR) is 95.3 cm³/mol. The van der Waals surface area contributed by atoms with E-state index in [2.05, 4.69) is 72.4 Å².